The molecule has 31 heavy (non-hydrogen) atoms. The smallest absolute Gasteiger partial charge is 0.329 e. The Labute approximate surface area is 186 Å². The largest absolute Gasteiger partial charge is 0.454 e. The highest BCUT2D eigenvalue weighted by Crippen LogP contribution is 2.22. The molecule has 11 nitrogen and oxygen atoms in total. The molecule has 2 amide bonds. The molecule has 0 aliphatic heterocycles. The van der Waals surface area contributed by atoms with Gasteiger partial charge in [0.05, 0.1) is 15.5 Å². The zero-order valence-electron chi connectivity index (χ0n) is 16.5. The number of nitrogens with zero attached hydrogens (tertiary/aromatic N) is 2. The van der Waals surface area contributed by atoms with Gasteiger partial charge in [-0.15, -0.1) is 0 Å². The number of hydrogen-bond acceptors (Lipinski definition) is 9. The number of aryl methyl sites for hydroxylation is 1. The highest BCUT2D eigenvalue weighted by molar-refractivity contribution is 7.98. The van der Waals surface area contributed by atoms with Gasteiger partial charge in [-0.3, -0.25) is 19.7 Å². The van der Waals surface area contributed by atoms with Gasteiger partial charge < -0.3 is 19.9 Å². The number of nitro benzene ring substituents is 1. The van der Waals surface area contributed by atoms with Crippen LogP contribution in [0.5, 0.6) is 0 Å². The Bertz CT molecular complexity index is 982. The lowest BCUT2D eigenvalue weighted by molar-refractivity contribution is -0.384. The highest BCUT2D eigenvalue weighted by Gasteiger charge is 2.25. The van der Waals surface area contributed by atoms with Crippen molar-refractivity contribution in [3.63, 3.8) is 0 Å². The maximum Gasteiger partial charge on any atom is 0.329 e. The van der Waals surface area contributed by atoms with Crippen LogP contribution in [0.1, 0.15) is 22.5 Å². The lowest BCUT2D eigenvalue weighted by Gasteiger charge is -2.17. The molecule has 2 rings (SSSR count). The molecule has 0 aliphatic rings. The van der Waals surface area contributed by atoms with Crippen LogP contribution >= 0.6 is 23.4 Å². The summed E-state index contributed by atoms with van der Waals surface area (Å²) in [5.74, 6) is -0.943. The molecule has 0 bridgehead atoms. The summed E-state index contributed by atoms with van der Waals surface area (Å²) in [5, 5.41) is 19.2. The van der Waals surface area contributed by atoms with Gasteiger partial charge in [0.1, 0.15) is 11.8 Å². The number of esters is 1. The monoisotopic (exact) mass is 470 g/mol. The summed E-state index contributed by atoms with van der Waals surface area (Å²) in [5.41, 5.74) is -0.304. The summed E-state index contributed by atoms with van der Waals surface area (Å²) in [6.45, 7) is 1.06. The Morgan fingerprint density at radius 3 is 2.68 bits per heavy atom. The molecule has 0 fully saturated rings. The van der Waals surface area contributed by atoms with Gasteiger partial charge in [-0.05, 0) is 31.4 Å². The molecule has 0 radical (unpaired) electrons. The Morgan fingerprint density at radius 1 is 1.35 bits per heavy atom. The van der Waals surface area contributed by atoms with Crippen molar-refractivity contribution in [2.75, 3.05) is 23.9 Å². The second-order valence-electron chi connectivity index (χ2n) is 6.21. The molecular formula is C18H19ClN4O7S. The van der Waals surface area contributed by atoms with Crippen molar-refractivity contribution >= 4 is 52.7 Å². The lowest BCUT2D eigenvalue weighted by atomic mass is 10.1. The third kappa shape index (κ3) is 7.26. The normalized spacial score (nSPS) is 11.5. The van der Waals surface area contributed by atoms with Gasteiger partial charge in [0.15, 0.2) is 12.4 Å². The van der Waals surface area contributed by atoms with Crippen LogP contribution < -0.4 is 10.6 Å². The third-order valence-corrected chi connectivity index (χ3v) is 4.81. The van der Waals surface area contributed by atoms with Crippen LogP contribution in [0.25, 0.3) is 0 Å². The van der Waals surface area contributed by atoms with E-state index in [-0.39, 0.29) is 28.5 Å². The summed E-state index contributed by atoms with van der Waals surface area (Å²) in [7, 11) is 0. The van der Waals surface area contributed by atoms with Crippen molar-refractivity contribution in [1.82, 2.24) is 10.5 Å². The van der Waals surface area contributed by atoms with Crippen LogP contribution in [0.4, 0.5) is 11.5 Å². The molecule has 1 aromatic heterocycles. The van der Waals surface area contributed by atoms with E-state index in [4.69, 9.17) is 20.9 Å². The van der Waals surface area contributed by atoms with Crippen molar-refractivity contribution in [3.05, 3.63) is 50.7 Å². The number of halogens is 1. The van der Waals surface area contributed by atoms with E-state index in [2.05, 4.69) is 15.8 Å². The van der Waals surface area contributed by atoms with Gasteiger partial charge in [0.25, 0.3) is 17.5 Å². The quantitative estimate of drug-likeness (QED) is 0.303. The van der Waals surface area contributed by atoms with Crippen LogP contribution in [0.3, 0.4) is 0 Å². The van der Waals surface area contributed by atoms with Crippen molar-refractivity contribution < 1.29 is 28.6 Å². The molecule has 1 aromatic carbocycles. The molecule has 0 unspecified atom stereocenters. The van der Waals surface area contributed by atoms with Crippen LogP contribution in [0.2, 0.25) is 5.02 Å². The van der Waals surface area contributed by atoms with Gasteiger partial charge in [0.2, 0.25) is 0 Å². The summed E-state index contributed by atoms with van der Waals surface area (Å²) in [6, 6.07) is 3.82. The van der Waals surface area contributed by atoms with Crippen LogP contribution in [0, 0.1) is 17.0 Å². The molecule has 0 aliphatic carbocycles. The summed E-state index contributed by atoms with van der Waals surface area (Å²) in [6.07, 6.45) is 2.06. The topological polar surface area (TPSA) is 154 Å². The van der Waals surface area contributed by atoms with E-state index in [1.54, 1.807) is 6.92 Å². The second-order valence-corrected chi connectivity index (χ2v) is 7.60. The Hall–Kier alpha value is -3.12. The number of aromatic nitrogens is 1. The van der Waals surface area contributed by atoms with Gasteiger partial charge in [-0.2, -0.15) is 11.8 Å². The molecule has 1 heterocycles. The van der Waals surface area contributed by atoms with E-state index in [1.165, 1.54) is 23.9 Å². The first-order chi connectivity index (χ1) is 14.7. The van der Waals surface area contributed by atoms with Crippen LogP contribution in [-0.2, 0) is 14.3 Å². The molecule has 1 atom stereocenters. The molecule has 0 spiro atoms. The number of carbonyl (C=O) groups is 3. The van der Waals surface area contributed by atoms with E-state index < -0.39 is 35.4 Å². The van der Waals surface area contributed by atoms with Gasteiger partial charge in [-0.25, -0.2) is 4.79 Å². The van der Waals surface area contributed by atoms with Crippen molar-refractivity contribution in [1.29, 1.82) is 0 Å². The van der Waals surface area contributed by atoms with E-state index in [9.17, 15) is 24.5 Å². The van der Waals surface area contributed by atoms with Gasteiger partial charge >= 0.3 is 5.97 Å². The van der Waals surface area contributed by atoms with Crippen molar-refractivity contribution in [2.24, 2.45) is 0 Å². The number of nitrogens with one attached hydrogen (secondary N) is 2. The Morgan fingerprint density at radius 2 is 2.10 bits per heavy atom. The summed E-state index contributed by atoms with van der Waals surface area (Å²) < 4.78 is 9.82. The predicted molar refractivity (Wildman–Crippen MR) is 113 cm³/mol. The van der Waals surface area contributed by atoms with Crippen molar-refractivity contribution in [2.45, 2.75) is 19.4 Å². The minimum atomic E-state index is -1.05. The number of anilines is 1. The molecule has 0 saturated heterocycles. The molecule has 2 aromatic rings. The number of hydrogen-bond donors (Lipinski definition) is 2. The molecule has 166 valence electrons. The highest BCUT2D eigenvalue weighted by atomic mass is 35.5. The number of non-ortho nitro benzene ring substituents is 1. The van der Waals surface area contributed by atoms with E-state index >= 15 is 0 Å². The Kier molecular flexibility index (Phi) is 8.82. The average Bonchev–Trinajstić information content (AvgIpc) is 3.13. The SMILES string of the molecule is CSCC[C@@H](NC(=O)c1ccc([N+](=O)[O-])cc1Cl)C(=O)OCC(=O)Nc1cc(C)on1. The first kappa shape index (κ1) is 24.2. The first-order valence-electron chi connectivity index (χ1n) is 8.84. The summed E-state index contributed by atoms with van der Waals surface area (Å²) >= 11 is 7.41. The number of rotatable bonds is 10. The lowest BCUT2D eigenvalue weighted by Crippen LogP contribution is -2.43. The zero-order valence-corrected chi connectivity index (χ0v) is 18.1. The fourth-order valence-corrected chi connectivity index (χ4v) is 3.10. The fourth-order valence-electron chi connectivity index (χ4n) is 2.36. The predicted octanol–water partition coefficient (Wildman–Crippen LogP) is 2.58. The average molecular weight is 471 g/mol. The van der Waals surface area contributed by atoms with E-state index in [0.29, 0.717) is 11.5 Å². The standard InChI is InChI=1S/C18H19ClN4O7S/c1-10-7-15(22-30-10)21-16(24)9-29-18(26)14(5-6-31-2)20-17(25)12-4-3-11(23(27)28)8-13(12)19/h3-4,7-8,14H,5-6,9H2,1-2H3,(H,20,25)(H,21,22,24)/t14-/m1/s1. The Balaban J connectivity index is 1.99. The molecular weight excluding hydrogens is 452 g/mol. The number of carbonyl (C=O) groups excluding carboxylic acids is 3. The van der Waals surface area contributed by atoms with E-state index in [0.717, 1.165) is 12.1 Å². The molecule has 0 saturated carbocycles. The first-order valence-corrected chi connectivity index (χ1v) is 10.6. The van der Waals surface area contributed by atoms with E-state index in [1.807, 2.05) is 6.26 Å². The van der Waals surface area contributed by atoms with Crippen LogP contribution in [0.15, 0.2) is 28.8 Å². The minimum absolute atomic E-state index is 0.0339. The number of benzene rings is 1. The number of ether oxygens (including phenoxy) is 1. The summed E-state index contributed by atoms with van der Waals surface area (Å²) in [4.78, 5) is 47.0. The number of amides is 2. The zero-order chi connectivity index (χ0) is 23.0. The van der Waals surface area contributed by atoms with Crippen molar-refractivity contribution in [3.8, 4) is 0 Å². The molecule has 13 heteroatoms. The third-order valence-electron chi connectivity index (χ3n) is 3.85. The molecule has 2 N–H and O–H groups in total. The maximum absolute atomic E-state index is 12.5. The fraction of sp³-hybridized carbons (Fsp3) is 0.333. The van der Waals surface area contributed by atoms with Gasteiger partial charge in [-0.1, -0.05) is 16.8 Å². The maximum atomic E-state index is 12.5. The second kappa shape index (κ2) is 11.3. The van der Waals surface area contributed by atoms with Gasteiger partial charge in [0, 0.05) is 18.2 Å². The number of thioether (sulfide) groups is 1. The number of nitro groups is 1. The van der Waals surface area contributed by atoms with Crippen LogP contribution in [-0.4, -0.2) is 52.5 Å². The minimum Gasteiger partial charge on any atom is -0.454 e.